The number of nitrogens with zero attached hydrogens (tertiary/aromatic N) is 1. The van der Waals surface area contributed by atoms with Gasteiger partial charge in [-0.3, -0.25) is 4.90 Å². The van der Waals surface area contributed by atoms with Crippen molar-refractivity contribution in [3.63, 3.8) is 0 Å². The lowest BCUT2D eigenvalue weighted by Gasteiger charge is -2.43. The lowest BCUT2D eigenvalue weighted by molar-refractivity contribution is 0.0818. The number of hydrogen-bond donors (Lipinski definition) is 1. The van der Waals surface area contributed by atoms with Gasteiger partial charge in [0.25, 0.3) is 0 Å². The maximum Gasteiger partial charge on any atom is 0.0250 e. The number of halogens is 1. The van der Waals surface area contributed by atoms with Crippen LogP contribution in [0.25, 0.3) is 0 Å². The molecule has 0 saturated carbocycles. The molecule has 2 nitrogen and oxygen atoms in total. The molecule has 0 aliphatic carbocycles. The molecule has 0 spiro atoms. The average Bonchev–Trinajstić information content (AvgIpc) is 2.49. The van der Waals surface area contributed by atoms with Gasteiger partial charge in [-0.25, -0.2) is 0 Å². The van der Waals surface area contributed by atoms with Crippen LogP contribution in [0.15, 0.2) is 24.3 Å². The van der Waals surface area contributed by atoms with E-state index in [0.29, 0.717) is 12.1 Å². The molecule has 118 valence electrons. The second-order valence-corrected chi connectivity index (χ2v) is 7.65. The molecular weight excluding hydrogens is 371 g/mol. The molecule has 3 atom stereocenters. The molecule has 0 aromatic heterocycles. The zero-order valence-corrected chi connectivity index (χ0v) is 15.8. The number of nitrogens with one attached hydrogen (secondary N) is 1. The van der Waals surface area contributed by atoms with Crippen LogP contribution in [0.2, 0.25) is 0 Å². The monoisotopic (exact) mass is 400 g/mol. The minimum atomic E-state index is 0.666. The molecule has 0 amide bonds. The molecule has 1 aromatic carbocycles. The fraction of sp³-hybridized carbons (Fsp3) is 0.667. The summed E-state index contributed by atoms with van der Waals surface area (Å²) in [4.78, 5) is 2.72. The van der Waals surface area contributed by atoms with Crippen molar-refractivity contribution in [1.29, 1.82) is 0 Å². The van der Waals surface area contributed by atoms with Crippen molar-refractivity contribution < 1.29 is 0 Å². The van der Waals surface area contributed by atoms with Crippen LogP contribution in [-0.2, 0) is 6.54 Å². The summed E-state index contributed by atoms with van der Waals surface area (Å²) in [7, 11) is 0. The summed E-state index contributed by atoms with van der Waals surface area (Å²) in [6.07, 6.45) is 3.81. The number of benzene rings is 1. The summed E-state index contributed by atoms with van der Waals surface area (Å²) in [6, 6.07) is 10.3. The van der Waals surface area contributed by atoms with Crippen LogP contribution < -0.4 is 5.32 Å². The Hall–Kier alpha value is -0.130. The van der Waals surface area contributed by atoms with Gasteiger partial charge < -0.3 is 5.32 Å². The van der Waals surface area contributed by atoms with Crippen molar-refractivity contribution in [3.05, 3.63) is 33.4 Å². The second-order valence-electron chi connectivity index (χ2n) is 6.40. The van der Waals surface area contributed by atoms with E-state index in [1.807, 2.05) is 0 Å². The summed E-state index contributed by atoms with van der Waals surface area (Å²) < 4.78 is 1.32. The quantitative estimate of drug-likeness (QED) is 0.718. The van der Waals surface area contributed by atoms with E-state index in [-0.39, 0.29) is 0 Å². The fourth-order valence-corrected chi connectivity index (χ4v) is 3.64. The molecule has 1 heterocycles. The van der Waals surface area contributed by atoms with Crippen molar-refractivity contribution in [1.82, 2.24) is 10.2 Å². The van der Waals surface area contributed by atoms with Crippen molar-refractivity contribution in [2.24, 2.45) is 5.92 Å². The Kier molecular flexibility index (Phi) is 6.96. The predicted octanol–water partition coefficient (Wildman–Crippen LogP) is 4.28. The first-order valence-corrected chi connectivity index (χ1v) is 9.43. The maximum absolute atomic E-state index is 3.77. The molecule has 1 N–H and O–H groups in total. The van der Waals surface area contributed by atoms with Crippen LogP contribution in [-0.4, -0.2) is 30.1 Å². The Morgan fingerprint density at radius 3 is 2.62 bits per heavy atom. The first-order valence-electron chi connectivity index (χ1n) is 8.35. The van der Waals surface area contributed by atoms with Crippen LogP contribution in [0.5, 0.6) is 0 Å². The first-order chi connectivity index (χ1) is 10.1. The van der Waals surface area contributed by atoms with Crippen LogP contribution in [0.4, 0.5) is 0 Å². The first kappa shape index (κ1) is 17.2. The molecular formula is C18H29IN2. The molecule has 0 radical (unpaired) electrons. The summed E-state index contributed by atoms with van der Waals surface area (Å²) in [6.45, 7) is 10.4. The summed E-state index contributed by atoms with van der Waals surface area (Å²) in [5, 5.41) is 3.77. The van der Waals surface area contributed by atoms with Crippen LogP contribution >= 0.6 is 22.6 Å². The Balaban J connectivity index is 2.06. The SMILES string of the molecule is CCCC1CN(Cc2ccc(I)cc2)C(C(C)CC)CN1. The molecule has 3 heteroatoms. The highest BCUT2D eigenvalue weighted by Crippen LogP contribution is 2.22. The molecule has 1 fully saturated rings. The highest BCUT2D eigenvalue weighted by molar-refractivity contribution is 14.1. The minimum Gasteiger partial charge on any atom is -0.311 e. The standard InChI is InChI=1S/C18H29IN2/c1-4-6-17-13-21(18(11-20-17)14(3)5-2)12-15-7-9-16(19)10-8-15/h7-10,14,17-18,20H,4-6,11-13H2,1-3H3. The van der Waals surface area contributed by atoms with Gasteiger partial charge in [0.1, 0.15) is 0 Å². The third-order valence-corrected chi connectivity index (χ3v) is 5.50. The topological polar surface area (TPSA) is 15.3 Å². The zero-order chi connectivity index (χ0) is 15.2. The average molecular weight is 400 g/mol. The smallest absolute Gasteiger partial charge is 0.0250 e. The molecule has 21 heavy (non-hydrogen) atoms. The van der Waals surface area contributed by atoms with Crippen molar-refractivity contribution in [3.8, 4) is 0 Å². The number of hydrogen-bond acceptors (Lipinski definition) is 2. The second kappa shape index (κ2) is 8.49. The summed E-state index contributed by atoms with van der Waals surface area (Å²) >= 11 is 2.38. The van der Waals surface area contributed by atoms with Crippen LogP contribution in [0.3, 0.4) is 0 Å². The molecule has 3 unspecified atom stereocenters. The summed E-state index contributed by atoms with van der Waals surface area (Å²) in [5.74, 6) is 0.754. The van der Waals surface area contributed by atoms with Crippen molar-refractivity contribution in [2.45, 2.75) is 58.7 Å². The molecule has 1 aliphatic heterocycles. The minimum absolute atomic E-state index is 0.666. The molecule has 0 bridgehead atoms. The fourth-order valence-electron chi connectivity index (χ4n) is 3.28. The van der Waals surface area contributed by atoms with Gasteiger partial charge in [0, 0.05) is 35.3 Å². The third kappa shape index (κ3) is 4.93. The van der Waals surface area contributed by atoms with Gasteiger partial charge in [-0.2, -0.15) is 0 Å². The van der Waals surface area contributed by atoms with E-state index in [2.05, 4.69) is 77.8 Å². The molecule has 1 aromatic rings. The van der Waals surface area contributed by atoms with E-state index in [1.165, 1.54) is 34.9 Å². The van der Waals surface area contributed by atoms with Crippen molar-refractivity contribution in [2.75, 3.05) is 13.1 Å². The van der Waals surface area contributed by atoms with E-state index in [4.69, 9.17) is 0 Å². The molecule has 1 aliphatic rings. The van der Waals surface area contributed by atoms with Gasteiger partial charge in [0.05, 0.1) is 0 Å². The van der Waals surface area contributed by atoms with Crippen LogP contribution in [0.1, 0.15) is 45.6 Å². The molecule has 1 saturated heterocycles. The van der Waals surface area contributed by atoms with E-state index in [1.54, 1.807) is 0 Å². The normalized spacial score (nSPS) is 25.0. The van der Waals surface area contributed by atoms with Gasteiger partial charge in [-0.05, 0) is 52.6 Å². The predicted molar refractivity (Wildman–Crippen MR) is 99.5 cm³/mol. The van der Waals surface area contributed by atoms with Gasteiger partial charge in [-0.15, -0.1) is 0 Å². The maximum atomic E-state index is 3.77. The van der Waals surface area contributed by atoms with Gasteiger partial charge in [-0.1, -0.05) is 45.7 Å². The van der Waals surface area contributed by atoms with E-state index < -0.39 is 0 Å². The zero-order valence-electron chi connectivity index (χ0n) is 13.6. The lowest BCUT2D eigenvalue weighted by atomic mass is 9.93. The van der Waals surface area contributed by atoms with Crippen LogP contribution in [0, 0.1) is 9.49 Å². The highest BCUT2D eigenvalue weighted by Gasteiger charge is 2.30. The highest BCUT2D eigenvalue weighted by atomic mass is 127. The largest absolute Gasteiger partial charge is 0.311 e. The Labute approximate surface area is 143 Å². The summed E-state index contributed by atoms with van der Waals surface area (Å²) in [5.41, 5.74) is 1.45. The van der Waals surface area contributed by atoms with E-state index in [0.717, 1.165) is 19.0 Å². The van der Waals surface area contributed by atoms with Gasteiger partial charge in [0.2, 0.25) is 0 Å². The van der Waals surface area contributed by atoms with Gasteiger partial charge >= 0.3 is 0 Å². The Bertz CT molecular complexity index is 418. The molecule has 2 rings (SSSR count). The van der Waals surface area contributed by atoms with E-state index in [9.17, 15) is 0 Å². The number of piperazine rings is 1. The van der Waals surface area contributed by atoms with Gasteiger partial charge in [0.15, 0.2) is 0 Å². The third-order valence-electron chi connectivity index (χ3n) is 4.78. The Morgan fingerprint density at radius 2 is 2.00 bits per heavy atom. The van der Waals surface area contributed by atoms with E-state index >= 15 is 0 Å². The van der Waals surface area contributed by atoms with Crippen molar-refractivity contribution >= 4 is 22.6 Å². The Morgan fingerprint density at radius 1 is 1.29 bits per heavy atom. The lowest BCUT2D eigenvalue weighted by Crippen LogP contribution is -2.58. The number of rotatable bonds is 6.